The average Bonchev–Trinajstić information content (AvgIpc) is 2.92. The number of H-pyrrole nitrogens is 1. The van der Waals surface area contributed by atoms with Crippen molar-refractivity contribution >= 4 is 11.7 Å². The highest BCUT2D eigenvalue weighted by Crippen LogP contribution is 2.16. The maximum atomic E-state index is 5.45. The van der Waals surface area contributed by atoms with E-state index in [2.05, 4.69) is 33.6 Å². The highest BCUT2D eigenvalue weighted by atomic mass is 16.5. The molecule has 1 aliphatic heterocycles. The highest BCUT2D eigenvalue weighted by Gasteiger charge is 2.21. The van der Waals surface area contributed by atoms with Crippen LogP contribution in [0.2, 0.25) is 0 Å². The van der Waals surface area contributed by atoms with E-state index in [9.17, 15) is 0 Å². The van der Waals surface area contributed by atoms with Crippen molar-refractivity contribution in [1.29, 1.82) is 0 Å². The van der Waals surface area contributed by atoms with E-state index in [0.717, 1.165) is 30.6 Å². The SMILES string of the molecule is C=C(N=C(C)N(c1ccn[nH]1)N(C)C)N1CCOC[C@H]1C. The summed E-state index contributed by atoms with van der Waals surface area (Å²) in [6, 6.07) is 2.20. The van der Waals surface area contributed by atoms with Crippen molar-refractivity contribution in [3.8, 4) is 0 Å². The molecule has 0 aliphatic carbocycles. The van der Waals surface area contributed by atoms with E-state index in [4.69, 9.17) is 4.74 Å². The first-order valence-electron chi connectivity index (χ1n) is 7.06. The summed E-state index contributed by atoms with van der Waals surface area (Å²) in [7, 11) is 3.92. The number of morpholine rings is 1. The van der Waals surface area contributed by atoms with Gasteiger partial charge in [-0.05, 0) is 13.8 Å². The lowest BCUT2D eigenvalue weighted by Gasteiger charge is -2.35. The quantitative estimate of drug-likeness (QED) is 0.515. The Morgan fingerprint density at radius 1 is 1.57 bits per heavy atom. The number of hydrogen-bond acceptors (Lipinski definition) is 5. The molecule has 2 heterocycles. The molecule has 0 saturated carbocycles. The van der Waals surface area contributed by atoms with Crippen molar-refractivity contribution in [2.75, 3.05) is 38.9 Å². The summed E-state index contributed by atoms with van der Waals surface area (Å²) < 4.78 is 5.45. The Morgan fingerprint density at radius 3 is 2.90 bits per heavy atom. The number of nitrogens with zero attached hydrogens (tertiary/aromatic N) is 5. The monoisotopic (exact) mass is 292 g/mol. The van der Waals surface area contributed by atoms with Crippen molar-refractivity contribution in [2.45, 2.75) is 19.9 Å². The largest absolute Gasteiger partial charge is 0.377 e. The molecule has 0 radical (unpaired) electrons. The van der Waals surface area contributed by atoms with Crippen molar-refractivity contribution in [3.63, 3.8) is 0 Å². The van der Waals surface area contributed by atoms with Gasteiger partial charge in [0.05, 0.1) is 25.5 Å². The van der Waals surface area contributed by atoms with Crippen LogP contribution >= 0.6 is 0 Å². The summed E-state index contributed by atoms with van der Waals surface area (Å²) in [4.78, 5) is 6.83. The lowest BCUT2D eigenvalue weighted by molar-refractivity contribution is 0.0166. The Morgan fingerprint density at radius 2 is 2.33 bits per heavy atom. The lowest BCUT2D eigenvalue weighted by atomic mass is 10.2. The van der Waals surface area contributed by atoms with Gasteiger partial charge in [-0.2, -0.15) is 5.10 Å². The van der Waals surface area contributed by atoms with Gasteiger partial charge in [0, 0.05) is 26.7 Å². The second-order valence-electron chi connectivity index (χ2n) is 5.29. The van der Waals surface area contributed by atoms with Crippen molar-refractivity contribution in [1.82, 2.24) is 20.1 Å². The zero-order valence-corrected chi connectivity index (χ0v) is 13.2. The summed E-state index contributed by atoms with van der Waals surface area (Å²) in [5, 5.41) is 10.8. The van der Waals surface area contributed by atoms with Gasteiger partial charge in [-0.25, -0.2) is 15.0 Å². The molecule has 116 valence electrons. The van der Waals surface area contributed by atoms with Crippen LogP contribution in [-0.2, 0) is 4.74 Å². The third kappa shape index (κ3) is 3.62. The molecule has 0 bridgehead atoms. The fourth-order valence-electron chi connectivity index (χ4n) is 2.45. The summed E-state index contributed by atoms with van der Waals surface area (Å²) >= 11 is 0. The average molecular weight is 292 g/mol. The van der Waals surface area contributed by atoms with Crippen molar-refractivity contribution in [3.05, 3.63) is 24.7 Å². The molecule has 21 heavy (non-hydrogen) atoms. The molecule has 0 amide bonds. The number of hydrazine groups is 1. The number of rotatable bonds is 4. The van der Waals surface area contributed by atoms with E-state index in [0.29, 0.717) is 12.6 Å². The van der Waals surface area contributed by atoms with Gasteiger partial charge in [0.25, 0.3) is 0 Å². The van der Waals surface area contributed by atoms with Gasteiger partial charge in [-0.3, -0.25) is 5.10 Å². The summed E-state index contributed by atoms with van der Waals surface area (Å²) in [6.45, 7) is 10.4. The Hall–Kier alpha value is -1.86. The second-order valence-corrected chi connectivity index (χ2v) is 5.29. The van der Waals surface area contributed by atoms with E-state index < -0.39 is 0 Å². The van der Waals surface area contributed by atoms with Gasteiger partial charge >= 0.3 is 0 Å². The molecule has 1 fully saturated rings. The van der Waals surface area contributed by atoms with E-state index in [1.54, 1.807) is 6.20 Å². The first-order valence-corrected chi connectivity index (χ1v) is 7.06. The van der Waals surface area contributed by atoms with Gasteiger partial charge in [0.15, 0.2) is 0 Å². The molecule has 0 unspecified atom stereocenters. The third-order valence-corrected chi connectivity index (χ3v) is 3.41. The predicted octanol–water partition coefficient (Wildman–Crippen LogP) is 1.30. The minimum atomic E-state index is 0.294. The first-order chi connectivity index (χ1) is 10.0. The zero-order chi connectivity index (χ0) is 15.4. The predicted molar refractivity (Wildman–Crippen MR) is 84.0 cm³/mol. The third-order valence-electron chi connectivity index (χ3n) is 3.41. The molecule has 1 N–H and O–H groups in total. The fraction of sp³-hybridized carbons (Fsp3) is 0.571. The molecule has 1 aliphatic rings. The number of hydrogen-bond donors (Lipinski definition) is 1. The Kier molecular flexibility index (Phi) is 4.98. The second kappa shape index (κ2) is 6.73. The number of aliphatic imine (C=N–C) groups is 1. The molecule has 1 aromatic rings. The molecule has 2 rings (SSSR count). The van der Waals surface area contributed by atoms with E-state index in [-0.39, 0.29) is 0 Å². The number of ether oxygens (including phenoxy) is 1. The molecular formula is C14H24N6O. The first kappa shape index (κ1) is 15.5. The molecule has 7 heteroatoms. The topological polar surface area (TPSA) is 60.0 Å². The molecular weight excluding hydrogens is 268 g/mol. The van der Waals surface area contributed by atoms with Crippen LogP contribution in [0.5, 0.6) is 0 Å². The van der Waals surface area contributed by atoms with Gasteiger partial charge in [0.1, 0.15) is 17.5 Å². The lowest BCUT2D eigenvalue weighted by Crippen LogP contribution is -2.44. The number of nitrogens with one attached hydrogen (secondary N) is 1. The standard InChI is InChI=1S/C14H24N6O/c1-11-10-21-9-8-19(11)12(2)16-13(3)20(18(4)5)14-6-7-15-17-14/h6-7,11H,2,8-10H2,1,3-5H3,(H,15,17)/t11-/m1/s1. The number of aromatic amines is 1. The van der Waals surface area contributed by atoms with Gasteiger partial charge in [-0.1, -0.05) is 6.58 Å². The van der Waals surface area contributed by atoms with Crippen LogP contribution in [0.4, 0.5) is 5.82 Å². The van der Waals surface area contributed by atoms with Crippen LogP contribution in [0.1, 0.15) is 13.8 Å². The molecule has 1 saturated heterocycles. The van der Waals surface area contributed by atoms with Crippen LogP contribution in [0.15, 0.2) is 29.7 Å². The van der Waals surface area contributed by atoms with Crippen LogP contribution in [0.25, 0.3) is 0 Å². The van der Waals surface area contributed by atoms with Crippen LogP contribution in [-0.4, -0.2) is 65.8 Å². The Bertz CT molecular complexity index is 496. The van der Waals surface area contributed by atoms with Crippen LogP contribution < -0.4 is 5.01 Å². The maximum absolute atomic E-state index is 5.45. The summed E-state index contributed by atoms with van der Waals surface area (Å²) in [6.07, 6.45) is 1.72. The zero-order valence-electron chi connectivity index (χ0n) is 13.2. The molecule has 7 nitrogen and oxygen atoms in total. The fourth-order valence-corrected chi connectivity index (χ4v) is 2.45. The van der Waals surface area contributed by atoms with E-state index >= 15 is 0 Å². The normalized spacial score (nSPS) is 20.0. The molecule has 1 atom stereocenters. The summed E-state index contributed by atoms with van der Waals surface area (Å²) in [5.74, 6) is 2.45. The van der Waals surface area contributed by atoms with Crippen LogP contribution in [0, 0.1) is 0 Å². The number of amidine groups is 1. The Labute approximate surface area is 125 Å². The van der Waals surface area contributed by atoms with Gasteiger partial charge < -0.3 is 9.64 Å². The molecule has 0 aromatic carbocycles. The number of aromatic nitrogens is 2. The highest BCUT2D eigenvalue weighted by molar-refractivity contribution is 5.94. The Balaban J connectivity index is 2.16. The van der Waals surface area contributed by atoms with Gasteiger partial charge in [0.2, 0.25) is 0 Å². The minimum absolute atomic E-state index is 0.294. The van der Waals surface area contributed by atoms with Crippen LogP contribution in [0.3, 0.4) is 0 Å². The number of anilines is 1. The smallest absolute Gasteiger partial charge is 0.144 e. The van der Waals surface area contributed by atoms with Crippen molar-refractivity contribution < 1.29 is 4.74 Å². The molecule has 0 spiro atoms. The van der Waals surface area contributed by atoms with E-state index in [1.807, 2.05) is 37.1 Å². The van der Waals surface area contributed by atoms with Gasteiger partial charge in [-0.15, -0.1) is 0 Å². The minimum Gasteiger partial charge on any atom is -0.377 e. The van der Waals surface area contributed by atoms with Crippen molar-refractivity contribution in [2.24, 2.45) is 4.99 Å². The maximum Gasteiger partial charge on any atom is 0.144 e. The molecule has 1 aromatic heterocycles. The van der Waals surface area contributed by atoms with E-state index in [1.165, 1.54) is 0 Å². The summed E-state index contributed by atoms with van der Waals surface area (Å²) in [5.41, 5.74) is 0.